The zero-order chi connectivity index (χ0) is 25.5. The summed E-state index contributed by atoms with van der Waals surface area (Å²) < 4.78 is 0. The molecule has 3 aromatic carbocycles. The van der Waals surface area contributed by atoms with Crippen molar-refractivity contribution in [3.05, 3.63) is 101 Å². The molecule has 0 aliphatic heterocycles. The third-order valence-corrected chi connectivity index (χ3v) is 5.23. The first-order valence-corrected chi connectivity index (χ1v) is 11.3. The van der Waals surface area contributed by atoms with Gasteiger partial charge in [-0.3, -0.25) is 25.2 Å². The highest BCUT2D eigenvalue weighted by molar-refractivity contribution is 5.98. The highest BCUT2D eigenvalue weighted by Gasteiger charge is 2.11. The molecule has 4 aromatic rings. The van der Waals surface area contributed by atoms with E-state index in [-0.39, 0.29) is 12.5 Å². The second-order valence-corrected chi connectivity index (χ2v) is 8.27. The largest absolute Gasteiger partial charge is 0.343 e. The molecule has 0 atom stereocenters. The molecule has 1 aromatic heterocycles. The summed E-state index contributed by atoms with van der Waals surface area (Å²) in [5.41, 5.74) is 9.14. The van der Waals surface area contributed by atoms with Crippen LogP contribution in [0.15, 0.2) is 72.8 Å². The summed E-state index contributed by atoms with van der Waals surface area (Å²) in [5.74, 6) is -0.867. The van der Waals surface area contributed by atoms with Gasteiger partial charge in [-0.15, -0.1) is 10.2 Å². The van der Waals surface area contributed by atoms with Gasteiger partial charge in [0.15, 0.2) is 0 Å². The monoisotopic (exact) mass is 483 g/mol. The normalized spacial score (nSPS) is 10.5. The van der Waals surface area contributed by atoms with Crippen molar-refractivity contribution in [3.8, 4) is 11.4 Å². The van der Waals surface area contributed by atoms with Crippen LogP contribution in [0, 0.1) is 13.8 Å². The van der Waals surface area contributed by atoms with Crippen LogP contribution >= 0.6 is 0 Å². The first kappa shape index (κ1) is 24.3. The van der Waals surface area contributed by atoms with Crippen LogP contribution in [0.3, 0.4) is 0 Å². The van der Waals surface area contributed by atoms with Crippen LogP contribution in [0.4, 0.5) is 0 Å². The molecule has 10 nitrogen and oxygen atoms in total. The van der Waals surface area contributed by atoms with E-state index in [9.17, 15) is 14.4 Å². The lowest BCUT2D eigenvalue weighted by molar-refractivity contribution is -0.120. The third kappa shape index (κ3) is 6.38. The van der Waals surface area contributed by atoms with Gasteiger partial charge < -0.3 is 5.32 Å². The average Bonchev–Trinajstić information content (AvgIpc) is 3.34. The lowest BCUT2D eigenvalue weighted by Gasteiger charge is -2.09. The first-order chi connectivity index (χ1) is 17.4. The average molecular weight is 484 g/mol. The summed E-state index contributed by atoms with van der Waals surface area (Å²) >= 11 is 0. The van der Waals surface area contributed by atoms with E-state index < -0.39 is 11.8 Å². The molecule has 0 bridgehead atoms. The fraction of sp³-hybridized carbons (Fsp3) is 0.154. The predicted molar refractivity (Wildman–Crippen MR) is 133 cm³/mol. The van der Waals surface area contributed by atoms with Crippen LogP contribution < -0.4 is 16.2 Å². The summed E-state index contributed by atoms with van der Waals surface area (Å²) in [6.07, 6.45) is 0. The van der Waals surface area contributed by atoms with Crippen molar-refractivity contribution in [1.29, 1.82) is 0 Å². The van der Waals surface area contributed by atoms with Gasteiger partial charge in [-0.05, 0) is 48.9 Å². The Bertz CT molecular complexity index is 1360. The number of carbonyl (C=O) groups excluding carboxylic acids is 3. The lowest BCUT2D eigenvalue weighted by Crippen LogP contribution is -2.46. The lowest BCUT2D eigenvalue weighted by atomic mass is 10.1. The highest BCUT2D eigenvalue weighted by Crippen LogP contribution is 2.13. The minimum atomic E-state index is -0.552. The molecule has 0 saturated heterocycles. The van der Waals surface area contributed by atoms with Gasteiger partial charge in [-0.25, -0.2) is 0 Å². The van der Waals surface area contributed by atoms with Crippen LogP contribution in [0.25, 0.3) is 11.4 Å². The zero-order valence-electron chi connectivity index (χ0n) is 19.9. The predicted octanol–water partition coefficient (Wildman–Crippen LogP) is 2.20. The van der Waals surface area contributed by atoms with Crippen molar-refractivity contribution in [2.45, 2.75) is 20.4 Å². The van der Waals surface area contributed by atoms with Gasteiger partial charge in [-0.2, -0.15) is 4.80 Å². The van der Waals surface area contributed by atoms with Crippen molar-refractivity contribution < 1.29 is 14.4 Å². The van der Waals surface area contributed by atoms with Crippen molar-refractivity contribution in [2.75, 3.05) is 6.54 Å². The molecule has 1 heterocycles. The van der Waals surface area contributed by atoms with Gasteiger partial charge in [0, 0.05) is 16.7 Å². The second-order valence-electron chi connectivity index (χ2n) is 8.27. The number of aromatic nitrogens is 4. The number of benzene rings is 3. The van der Waals surface area contributed by atoms with Crippen LogP contribution in [0.5, 0.6) is 0 Å². The molecule has 36 heavy (non-hydrogen) atoms. The fourth-order valence-electron chi connectivity index (χ4n) is 3.55. The second kappa shape index (κ2) is 11.0. The SMILES string of the molecule is Cc1cc(C)cc(C(=O)NCC(=O)NNC(=O)c2ccc(Cn3nnc(-c4ccccc4)n3)cc2)c1. The molecule has 3 N–H and O–H groups in total. The van der Waals surface area contributed by atoms with Crippen LogP contribution in [-0.4, -0.2) is 44.5 Å². The Morgan fingerprint density at radius 3 is 2.19 bits per heavy atom. The van der Waals surface area contributed by atoms with E-state index in [1.54, 1.807) is 36.4 Å². The topological polar surface area (TPSA) is 131 Å². The number of aryl methyl sites for hydroxylation is 2. The summed E-state index contributed by atoms with van der Waals surface area (Å²) in [6, 6.07) is 21.8. The molecule has 3 amide bonds. The summed E-state index contributed by atoms with van der Waals surface area (Å²) in [5, 5.41) is 15.1. The number of nitrogens with zero attached hydrogens (tertiary/aromatic N) is 4. The maximum Gasteiger partial charge on any atom is 0.269 e. The standard InChI is InChI=1S/C26H25N7O3/c1-17-12-18(2)14-22(13-17)25(35)27-15-23(34)28-30-26(36)21-10-8-19(9-11-21)16-33-31-24(29-32-33)20-6-4-3-5-7-20/h3-14H,15-16H2,1-2H3,(H,27,35)(H,28,34)(H,30,36). The Balaban J connectivity index is 1.24. The van der Waals surface area contributed by atoms with E-state index in [0.29, 0.717) is 23.5 Å². The van der Waals surface area contributed by atoms with Crippen LogP contribution in [-0.2, 0) is 11.3 Å². The van der Waals surface area contributed by atoms with Crippen molar-refractivity contribution in [3.63, 3.8) is 0 Å². The van der Waals surface area contributed by atoms with E-state index in [2.05, 4.69) is 31.6 Å². The van der Waals surface area contributed by atoms with Gasteiger partial charge in [0.2, 0.25) is 5.82 Å². The fourth-order valence-corrected chi connectivity index (χ4v) is 3.55. The molecule has 0 fully saturated rings. The molecular weight excluding hydrogens is 458 g/mol. The van der Waals surface area contributed by atoms with Crippen LogP contribution in [0.2, 0.25) is 0 Å². The Kier molecular flexibility index (Phi) is 7.45. The van der Waals surface area contributed by atoms with Crippen molar-refractivity contribution in [2.24, 2.45) is 0 Å². The number of hydrogen-bond acceptors (Lipinski definition) is 6. The maximum absolute atomic E-state index is 12.4. The van der Waals surface area contributed by atoms with E-state index in [1.165, 1.54) is 4.80 Å². The molecule has 0 radical (unpaired) electrons. The molecule has 4 rings (SSSR count). The quantitative estimate of drug-likeness (QED) is 0.346. The Morgan fingerprint density at radius 1 is 0.806 bits per heavy atom. The summed E-state index contributed by atoms with van der Waals surface area (Å²) in [7, 11) is 0. The van der Waals surface area contributed by atoms with E-state index >= 15 is 0 Å². The minimum absolute atomic E-state index is 0.277. The van der Waals surface area contributed by atoms with Gasteiger partial charge in [0.25, 0.3) is 17.7 Å². The van der Waals surface area contributed by atoms with Crippen molar-refractivity contribution >= 4 is 17.7 Å². The molecule has 0 unspecified atom stereocenters. The Hall–Kier alpha value is -4.86. The molecule has 0 spiro atoms. The Morgan fingerprint density at radius 2 is 1.50 bits per heavy atom. The number of carbonyl (C=O) groups is 3. The van der Waals surface area contributed by atoms with Crippen LogP contribution in [0.1, 0.15) is 37.4 Å². The summed E-state index contributed by atoms with van der Waals surface area (Å²) in [4.78, 5) is 38.1. The van der Waals surface area contributed by atoms with Gasteiger partial charge in [0.1, 0.15) is 0 Å². The number of tetrazole rings is 1. The molecular formula is C26H25N7O3. The number of hydrogen-bond donors (Lipinski definition) is 3. The zero-order valence-corrected chi connectivity index (χ0v) is 19.9. The molecule has 0 aliphatic rings. The maximum atomic E-state index is 12.4. The molecule has 0 saturated carbocycles. The Labute approximate surface area is 207 Å². The number of hydrazine groups is 1. The van der Waals surface area contributed by atoms with E-state index in [0.717, 1.165) is 22.3 Å². The third-order valence-electron chi connectivity index (χ3n) is 5.23. The molecule has 0 aliphatic carbocycles. The van der Waals surface area contributed by atoms with Gasteiger partial charge >= 0.3 is 0 Å². The van der Waals surface area contributed by atoms with E-state index in [4.69, 9.17) is 0 Å². The number of amides is 3. The highest BCUT2D eigenvalue weighted by atomic mass is 16.2. The summed E-state index contributed by atoms with van der Waals surface area (Å²) in [6.45, 7) is 3.90. The van der Waals surface area contributed by atoms with Crippen molar-refractivity contribution in [1.82, 2.24) is 36.4 Å². The number of rotatable bonds is 7. The smallest absolute Gasteiger partial charge is 0.269 e. The first-order valence-electron chi connectivity index (χ1n) is 11.3. The van der Waals surface area contributed by atoms with E-state index in [1.807, 2.05) is 50.2 Å². The minimum Gasteiger partial charge on any atom is -0.343 e. The van der Waals surface area contributed by atoms with Gasteiger partial charge in [-0.1, -0.05) is 59.7 Å². The van der Waals surface area contributed by atoms with Gasteiger partial charge in [0.05, 0.1) is 13.1 Å². The molecule has 10 heteroatoms. The molecule has 182 valence electrons. The number of nitrogens with one attached hydrogen (secondary N) is 3.